The molecule has 4 rings (SSSR count). The van der Waals surface area contributed by atoms with E-state index in [1.54, 1.807) is 26.0 Å². The van der Waals surface area contributed by atoms with E-state index in [9.17, 15) is 19.2 Å². The van der Waals surface area contributed by atoms with Crippen molar-refractivity contribution >= 4 is 34.6 Å². The molecule has 0 amide bonds. The maximum atomic E-state index is 13.0. The van der Waals surface area contributed by atoms with Crippen molar-refractivity contribution in [2.24, 2.45) is 10.3 Å². The zero-order chi connectivity index (χ0) is 22.8. The molecule has 158 valence electrons. The lowest BCUT2D eigenvalue weighted by atomic mass is 9.92. The normalized spacial score (nSPS) is 20.6. The maximum absolute atomic E-state index is 13.0. The standard InChI is InChI=1S/C24H16N2O6/c1-13-11-15(7-9-19(13)27)25-31-23-21(29)17-5-3-4-6-18(17)22(30)24(23)32-26-16-8-10-20(28)14(2)12-16/h3-12H,1-2H3. The van der Waals surface area contributed by atoms with Gasteiger partial charge in [0, 0.05) is 11.1 Å². The molecular weight excluding hydrogens is 412 g/mol. The lowest BCUT2D eigenvalue weighted by Crippen LogP contribution is -2.24. The van der Waals surface area contributed by atoms with Crippen LogP contribution in [0.4, 0.5) is 0 Å². The summed E-state index contributed by atoms with van der Waals surface area (Å²) >= 11 is 0. The van der Waals surface area contributed by atoms with Gasteiger partial charge in [0.1, 0.15) is 11.4 Å². The fraction of sp³-hybridized carbons (Fsp3) is 0.0833. The van der Waals surface area contributed by atoms with Crippen molar-refractivity contribution in [3.63, 3.8) is 0 Å². The van der Waals surface area contributed by atoms with E-state index in [1.165, 1.54) is 48.6 Å². The summed E-state index contributed by atoms with van der Waals surface area (Å²) in [7, 11) is 0. The molecule has 0 radical (unpaired) electrons. The number of nitrogens with zero attached hydrogens (tertiary/aromatic N) is 2. The topological polar surface area (TPSA) is 111 Å². The molecular formula is C24H16N2O6. The van der Waals surface area contributed by atoms with Gasteiger partial charge >= 0.3 is 0 Å². The summed E-state index contributed by atoms with van der Waals surface area (Å²) in [4.78, 5) is 59.9. The number of oxime groups is 2. The van der Waals surface area contributed by atoms with Gasteiger partial charge in [0.05, 0.1) is 0 Å². The predicted octanol–water partition coefficient (Wildman–Crippen LogP) is 3.19. The zero-order valence-electron chi connectivity index (χ0n) is 17.1. The van der Waals surface area contributed by atoms with Crippen LogP contribution in [0.15, 0.2) is 93.7 Å². The van der Waals surface area contributed by atoms with E-state index in [1.807, 2.05) is 0 Å². The van der Waals surface area contributed by atoms with Gasteiger partial charge in [-0.25, -0.2) is 0 Å². The molecule has 8 heteroatoms. The van der Waals surface area contributed by atoms with Gasteiger partial charge in [-0.1, -0.05) is 34.6 Å². The molecule has 0 unspecified atom stereocenters. The smallest absolute Gasteiger partial charge is 0.255 e. The Hall–Kier alpha value is -4.46. The van der Waals surface area contributed by atoms with Crippen LogP contribution in [0.1, 0.15) is 34.6 Å². The average Bonchev–Trinajstić information content (AvgIpc) is 2.79. The minimum Gasteiger partial charge on any atom is -0.348 e. The van der Waals surface area contributed by atoms with Crippen LogP contribution in [0.2, 0.25) is 0 Å². The number of carbonyl (C=O) groups excluding carboxylic acids is 4. The first-order chi connectivity index (χ1) is 15.3. The summed E-state index contributed by atoms with van der Waals surface area (Å²) < 4.78 is 0. The molecule has 0 aromatic heterocycles. The minimum atomic E-state index is -0.600. The highest BCUT2D eigenvalue weighted by Crippen LogP contribution is 2.28. The van der Waals surface area contributed by atoms with Crippen LogP contribution in [0, 0.1) is 0 Å². The van der Waals surface area contributed by atoms with Gasteiger partial charge in [0.15, 0.2) is 11.6 Å². The van der Waals surface area contributed by atoms with Gasteiger partial charge in [-0.3, -0.25) is 19.2 Å². The van der Waals surface area contributed by atoms with Crippen LogP contribution < -0.4 is 0 Å². The second-order valence-corrected chi connectivity index (χ2v) is 7.13. The van der Waals surface area contributed by atoms with E-state index >= 15 is 0 Å². The molecule has 3 aliphatic rings. The number of fused-ring (bicyclic) bond motifs is 1. The van der Waals surface area contributed by atoms with Gasteiger partial charge in [-0.2, -0.15) is 0 Å². The lowest BCUT2D eigenvalue weighted by Gasteiger charge is -2.17. The van der Waals surface area contributed by atoms with Gasteiger partial charge in [0.25, 0.3) is 11.5 Å². The first-order valence-corrected chi connectivity index (χ1v) is 9.59. The van der Waals surface area contributed by atoms with E-state index in [-0.39, 0.29) is 34.1 Å². The third kappa shape index (κ3) is 3.93. The summed E-state index contributed by atoms with van der Waals surface area (Å²) in [6.45, 7) is 3.24. The molecule has 0 aliphatic heterocycles. The van der Waals surface area contributed by atoms with Gasteiger partial charge in [-0.05, 0) is 61.4 Å². The molecule has 0 saturated carbocycles. The zero-order valence-corrected chi connectivity index (χ0v) is 17.1. The number of hydrogen-bond donors (Lipinski definition) is 0. The molecule has 0 heterocycles. The molecule has 0 N–H and O–H groups in total. The average molecular weight is 428 g/mol. The molecule has 1 aromatic carbocycles. The molecule has 1 aromatic rings. The highest BCUT2D eigenvalue weighted by atomic mass is 16.7. The van der Waals surface area contributed by atoms with Gasteiger partial charge < -0.3 is 9.68 Å². The highest BCUT2D eigenvalue weighted by molar-refractivity contribution is 6.25. The van der Waals surface area contributed by atoms with E-state index in [4.69, 9.17) is 9.68 Å². The van der Waals surface area contributed by atoms with Crippen LogP contribution in [-0.4, -0.2) is 34.6 Å². The number of hydrogen-bond acceptors (Lipinski definition) is 8. The molecule has 0 bridgehead atoms. The molecule has 0 spiro atoms. The Balaban J connectivity index is 1.72. The third-order valence-corrected chi connectivity index (χ3v) is 4.84. The fourth-order valence-electron chi connectivity index (χ4n) is 3.07. The Kier molecular flexibility index (Phi) is 5.43. The van der Waals surface area contributed by atoms with E-state index < -0.39 is 23.1 Å². The van der Waals surface area contributed by atoms with Crippen molar-refractivity contribution in [3.8, 4) is 0 Å². The van der Waals surface area contributed by atoms with Crippen molar-refractivity contribution in [2.75, 3.05) is 0 Å². The number of Topliss-reactive ketones (excluding diaryl/α,β-unsaturated/α-hetero) is 2. The van der Waals surface area contributed by atoms with Crippen molar-refractivity contribution < 1.29 is 28.9 Å². The number of carbonyl (C=O) groups is 4. The monoisotopic (exact) mass is 428 g/mol. The summed E-state index contributed by atoms with van der Waals surface area (Å²) in [5.41, 5.74) is 1.76. The predicted molar refractivity (Wildman–Crippen MR) is 115 cm³/mol. The highest BCUT2D eigenvalue weighted by Gasteiger charge is 2.36. The van der Waals surface area contributed by atoms with Crippen LogP contribution in [0.5, 0.6) is 0 Å². The first kappa shape index (κ1) is 20.8. The second-order valence-electron chi connectivity index (χ2n) is 7.13. The summed E-state index contributed by atoms with van der Waals surface area (Å²) in [5.74, 6) is -2.39. The molecule has 8 nitrogen and oxygen atoms in total. The first-order valence-electron chi connectivity index (χ1n) is 9.59. The quantitative estimate of drug-likeness (QED) is 0.538. The van der Waals surface area contributed by atoms with Crippen LogP contribution in [-0.2, 0) is 19.3 Å². The van der Waals surface area contributed by atoms with Crippen molar-refractivity contribution in [1.82, 2.24) is 0 Å². The van der Waals surface area contributed by atoms with Crippen molar-refractivity contribution in [2.45, 2.75) is 13.8 Å². The van der Waals surface area contributed by atoms with E-state index in [2.05, 4.69) is 10.3 Å². The van der Waals surface area contributed by atoms with Gasteiger partial charge in [-0.15, -0.1) is 0 Å². The number of ketones is 4. The SMILES string of the molecule is CC1=CC(=NOC2=C(ON=C3C=CC(=O)C(C)=C3)C(=O)c3ccccc3C2=O)C=CC1=O. The summed E-state index contributed by atoms with van der Waals surface area (Å²) in [6, 6.07) is 6.25. The second kappa shape index (κ2) is 8.35. The number of benzene rings is 1. The van der Waals surface area contributed by atoms with E-state index in [0.717, 1.165) is 0 Å². The molecule has 32 heavy (non-hydrogen) atoms. The Bertz CT molecular complexity index is 1200. The minimum absolute atomic E-state index is 0.146. The number of allylic oxidation sites excluding steroid dienone is 10. The Morgan fingerprint density at radius 2 is 1.03 bits per heavy atom. The van der Waals surface area contributed by atoms with Crippen LogP contribution in [0.3, 0.4) is 0 Å². The molecule has 0 fully saturated rings. The third-order valence-electron chi connectivity index (χ3n) is 4.84. The molecule has 0 saturated heterocycles. The van der Waals surface area contributed by atoms with Gasteiger partial charge in [0.2, 0.25) is 11.6 Å². The molecule has 0 atom stereocenters. The lowest BCUT2D eigenvalue weighted by molar-refractivity contribution is -0.112. The van der Waals surface area contributed by atoms with Crippen molar-refractivity contribution in [3.05, 3.63) is 94.5 Å². The van der Waals surface area contributed by atoms with Crippen LogP contribution >= 0.6 is 0 Å². The Morgan fingerprint density at radius 3 is 1.41 bits per heavy atom. The number of rotatable bonds is 4. The Labute approximate surface area is 182 Å². The Morgan fingerprint density at radius 1 is 0.625 bits per heavy atom. The maximum Gasteiger partial charge on any atom is 0.255 e. The van der Waals surface area contributed by atoms with Crippen molar-refractivity contribution in [1.29, 1.82) is 0 Å². The molecule has 3 aliphatic carbocycles. The fourth-order valence-corrected chi connectivity index (χ4v) is 3.07. The largest absolute Gasteiger partial charge is 0.348 e. The van der Waals surface area contributed by atoms with E-state index in [0.29, 0.717) is 11.1 Å². The summed E-state index contributed by atoms with van der Waals surface area (Å²) in [6.07, 6.45) is 8.48. The summed E-state index contributed by atoms with van der Waals surface area (Å²) in [5, 5.41) is 7.78. The van der Waals surface area contributed by atoms with Crippen LogP contribution in [0.25, 0.3) is 0 Å².